The Labute approximate surface area is 214 Å². The minimum Gasteiger partial charge on any atom is -0.494 e. The molecule has 194 valence electrons. The molecule has 0 fully saturated rings. The lowest BCUT2D eigenvalue weighted by Gasteiger charge is -2.23. The number of aryl methyl sites for hydroxylation is 1. The zero-order valence-corrected chi connectivity index (χ0v) is 21.8. The number of sulfonamides is 1. The Bertz CT molecular complexity index is 1440. The summed E-state index contributed by atoms with van der Waals surface area (Å²) in [5, 5.41) is 7.35. The zero-order valence-electron chi connectivity index (χ0n) is 21.0. The second-order valence-corrected chi connectivity index (χ2v) is 10.1. The summed E-state index contributed by atoms with van der Waals surface area (Å²) in [6.07, 6.45) is 5.49. The number of anilines is 1. The molecule has 0 radical (unpaired) electrons. The molecule has 37 heavy (non-hydrogen) atoms. The molecule has 0 aliphatic heterocycles. The maximum atomic E-state index is 13.6. The zero-order chi connectivity index (χ0) is 26.6. The van der Waals surface area contributed by atoms with Crippen molar-refractivity contribution in [2.24, 2.45) is 0 Å². The largest absolute Gasteiger partial charge is 0.494 e. The average molecular weight is 526 g/mol. The highest BCUT2D eigenvalue weighted by Crippen LogP contribution is 2.38. The van der Waals surface area contributed by atoms with Gasteiger partial charge in [0, 0.05) is 37.5 Å². The third kappa shape index (κ3) is 5.22. The molecule has 0 saturated carbocycles. The molecule has 0 saturated heterocycles. The number of pyridine rings is 1. The number of hydrogen-bond donors (Lipinski definition) is 1. The minimum absolute atomic E-state index is 0.0758. The van der Waals surface area contributed by atoms with Gasteiger partial charge < -0.3 is 14.2 Å². The summed E-state index contributed by atoms with van der Waals surface area (Å²) in [4.78, 5) is 12.6. The molecule has 0 spiro atoms. The number of methoxy groups -OCH3 is 3. The predicted molar refractivity (Wildman–Crippen MR) is 136 cm³/mol. The number of aromatic nitrogens is 6. The number of rotatable bonds is 10. The van der Waals surface area contributed by atoms with Crippen molar-refractivity contribution in [2.75, 3.05) is 26.1 Å². The van der Waals surface area contributed by atoms with E-state index in [-0.39, 0.29) is 11.8 Å². The average Bonchev–Trinajstić information content (AvgIpc) is 3.32. The maximum Gasteiger partial charge on any atom is 0.243 e. The Morgan fingerprint density at radius 1 is 0.946 bits per heavy atom. The molecule has 0 bridgehead atoms. The van der Waals surface area contributed by atoms with Crippen LogP contribution in [0.25, 0.3) is 17.1 Å². The SMILES string of the molecule is COc1cccc(OC)c1-n1c(NS(=O)(=O)[C@@H](C)[C@@H](OC)c2ncc(C)cn2)nnc1-c1cccnc1. The van der Waals surface area contributed by atoms with Crippen LogP contribution in [0.2, 0.25) is 0 Å². The van der Waals surface area contributed by atoms with Gasteiger partial charge in [-0.15, -0.1) is 10.2 Å². The quantitative estimate of drug-likeness (QED) is 0.328. The molecule has 0 amide bonds. The van der Waals surface area contributed by atoms with Crippen LogP contribution in [0, 0.1) is 6.92 Å². The Morgan fingerprint density at radius 2 is 1.62 bits per heavy atom. The van der Waals surface area contributed by atoms with Crippen molar-refractivity contribution in [3.63, 3.8) is 0 Å². The first-order valence-electron chi connectivity index (χ1n) is 11.2. The van der Waals surface area contributed by atoms with Crippen LogP contribution in [0.15, 0.2) is 55.1 Å². The van der Waals surface area contributed by atoms with Crippen molar-refractivity contribution in [1.82, 2.24) is 29.7 Å². The molecule has 0 aliphatic rings. The van der Waals surface area contributed by atoms with Crippen molar-refractivity contribution >= 4 is 16.0 Å². The normalized spacial score (nSPS) is 13.1. The lowest BCUT2D eigenvalue weighted by atomic mass is 10.2. The van der Waals surface area contributed by atoms with Gasteiger partial charge in [-0.05, 0) is 43.7 Å². The second-order valence-electron chi connectivity index (χ2n) is 8.06. The van der Waals surface area contributed by atoms with Crippen molar-refractivity contribution < 1.29 is 22.6 Å². The first-order chi connectivity index (χ1) is 17.8. The van der Waals surface area contributed by atoms with Gasteiger partial charge in [-0.1, -0.05) is 6.07 Å². The summed E-state index contributed by atoms with van der Waals surface area (Å²) in [5.41, 5.74) is 1.85. The lowest BCUT2D eigenvalue weighted by Crippen LogP contribution is -2.33. The van der Waals surface area contributed by atoms with E-state index in [4.69, 9.17) is 14.2 Å². The first-order valence-corrected chi connectivity index (χ1v) is 12.8. The fraction of sp³-hybridized carbons (Fsp3) is 0.292. The molecule has 12 nitrogen and oxygen atoms in total. The Hall–Kier alpha value is -4.10. The summed E-state index contributed by atoms with van der Waals surface area (Å²) >= 11 is 0. The number of hydrogen-bond acceptors (Lipinski definition) is 10. The fourth-order valence-electron chi connectivity index (χ4n) is 3.74. The van der Waals surface area contributed by atoms with E-state index >= 15 is 0 Å². The Kier molecular flexibility index (Phi) is 7.64. The number of ether oxygens (including phenoxy) is 3. The molecule has 1 N–H and O–H groups in total. The van der Waals surface area contributed by atoms with Crippen molar-refractivity contribution in [1.29, 1.82) is 0 Å². The summed E-state index contributed by atoms with van der Waals surface area (Å²) < 4.78 is 47.9. The van der Waals surface area contributed by atoms with E-state index in [0.717, 1.165) is 5.56 Å². The summed E-state index contributed by atoms with van der Waals surface area (Å²) in [7, 11) is 0.314. The van der Waals surface area contributed by atoms with Gasteiger partial charge >= 0.3 is 0 Å². The molecule has 2 atom stereocenters. The van der Waals surface area contributed by atoms with Crippen LogP contribution in [0.3, 0.4) is 0 Å². The van der Waals surface area contributed by atoms with E-state index in [0.29, 0.717) is 28.6 Å². The Morgan fingerprint density at radius 3 is 2.19 bits per heavy atom. The predicted octanol–water partition coefficient (Wildman–Crippen LogP) is 2.96. The van der Waals surface area contributed by atoms with Gasteiger partial charge in [-0.2, -0.15) is 0 Å². The molecular weight excluding hydrogens is 498 g/mol. The van der Waals surface area contributed by atoms with Crippen LogP contribution >= 0.6 is 0 Å². The van der Waals surface area contributed by atoms with E-state index < -0.39 is 21.4 Å². The number of nitrogens with zero attached hydrogens (tertiary/aromatic N) is 6. The van der Waals surface area contributed by atoms with Crippen LogP contribution in [0.5, 0.6) is 11.5 Å². The molecule has 3 heterocycles. The third-order valence-corrected chi connectivity index (χ3v) is 7.36. The third-order valence-electron chi connectivity index (χ3n) is 5.67. The molecule has 0 aliphatic carbocycles. The van der Waals surface area contributed by atoms with E-state index in [1.54, 1.807) is 55.1 Å². The number of nitrogens with one attached hydrogen (secondary N) is 1. The van der Waals surface area contributed by atoms with Gasteiger partial charge in [-0.3, -0.25) is 14.3 Å². The fourth-order valence-corrected chi connectivity index (χ4v) is 4.87. The molecule has 0 unspecified atom stereocenters. The van der Waals surface area contributed by atoms with Crippen LogP contribution in [0.4, 0.5) is 5.95 Å². The highest BCUT2D eigenvalue weighted by Gasteiger charge is 2.35. The van der Waals surface area contributed by atoms with E-state index in [2.05, 4.69) is 29.9 Å². The molecular formula is C24H27N7O5S. The van der Waals surface area contributed by atoms with E-state index in [1.807, 2.05) is 6.92 Å². The van der Waals surface area contributed by atoms with Crippen LogP contribution < -0.4 is 14.2 Å². The number of para-hydroxylation sites is 1. The highest BCUT2D eigenvalue weighted by atomic mass is 32.2. The molecule has 1 aromatic carbocycles. The minimum atomic E-state index is -4.10. The van der Waals surface area contributed by atoms with Gasteiger partial charge in [0.1, 0.15) is 28.5 Å². The summed E-state index contributed by atoms with van der Waals surface area (Å²) in [5.74, 6) is 1.33. The monoisotopic (exact) mass is 525 g/mol. The summed E-state index contributed by atoms with van der Waals surface area (Å²) in [6, 6.07) is 8.73. The molecule has 3 aromatic heterocycles. The van der Waals surface area contributed by atoms with Gasteiger partial charge in [0.25, 0.3) is 0 Å². The van der Waals surface area contributed by atoms with E-state index in [9.17, 15) is 8.42 Å². The van der Waals surface area contributed by atoms with Crippen molar-refractivity contribution in [3.8, 4) is 28.6 Å². The van der Waals surface area contributed by atoms with Crippen LogP contribution in [0.1, 0.15) is 24.4 Å². The van der Waals surface area contributed by atoms with E-state index in [1.165, 1.54) is 32.8 Å². The Balaban J connectivity index is 1.83. The maximum absolute atomic E-state index is 13.6. The van der Waals surface area contributed by atoms with Gasteiger partial charge in [-0.25, -0.2) is 18.4 Å². The van der Waals surface area contributed by atoms with Crippen LogP contribution in [-0.2, 0) is 14.8 Å². The number of benzene rings is 1. The molecule has 13 heteroatoms. The van der Waals surface area contributed by atoms with Crippen molar-refractivity contribution in [3.05, 3.63) is 66.5 Å². The topological polar surface area (TPSA) is 143 Å². The first kappa shape index (κ1) is 26.0. The molecule has 4 rings (SSSR count). The highest BCUT2D eigenvalue weighted by molar-refractivity contribution is 7.93. The van der Waals surface area contributed by atoms with Gasteiger partial charge in [0.05, 0.1) is 14.2 Å². The summed E-state index contributed by atoms with van der Waals surface area (Å²) in [6.45, 7) is 3.35. The second kappa shape index (κ2) is 10.9. The van der Waals surface area contributed by atoms with Gasteiger partial charge in [0.2, 0.25) is 16.0 Å². The lowest BCUT2D eigenvalue weighted by molar-refractivity contribution is 0.0949. The molecule has 4 aromatic rings. The standard InChI is InChI=1S/C24H27N7O5S/c1-15-12-26-22(27-13-15)21(36-5)16(2)37(32,33)30-24-29-28-23(17-8-7-11-25-14-17)31(24)20-18(34-3)9-6-10-19(20)35-4/h6-14,16,21H,1-5H3,(H,29,30)/t16-,21+/m0/s1. The van der Waals surface area contributed by atoms with Crippen LogP contribution in [-0.4, -0.2) is 64.7 Å². The smallest absolute Gasteiger partial charge is 0.243 e. The van der Waals surface area contributed by atoms with Crippen molar-refractivity contribution in [2.45, 2.75) is 25.2 Å². The van der Waals surface area contributed by atoms with Gasteiger partial charge in [0.15, 0.2) is 11.6 Å².